The molecule has 0 amide bonds. The average molecular weight is 632 g/mol. The van der Waals surface area contributed by atoms with E-state index < -0.39 is 0 Å². The quantitative estimate of drug-likeness (QED) is 0.128. The SMILES string of the molecule is CCC(CCC(C)c1nnc(C(C)CCC(C)c2nnc(C(C)C)c(C)c2C)c2cnccc12)c1nnc(C(C)C)c2ccccc12. The van der Waals surface area contributed by atoms with E-state index in [2.05, 4.69) is 115 Å². The fourth-order valence-electron chi connectivity index (χ4n) is 7.19. The van der Waals surface area contributed by atoms with E-state index in [4.69, 9.17) is 20.4 Å². The first-order chi connectivity index (χ1) is 22.5. The van der Waals surface area contributed by atoms with Crippen LogP contribution in [-0.2, 0) is 0 Å². The fourth-order valence-corrected chi connectivity index (χ4v) is 7.19. The maximum atomic E-state index is 4.89. The standard InChI is InChI=1S/C40H53N7/c1-11-30(40-32-15-13-12-14-31(32)36(24(4)5)43-47-40)19-18-27(8)38-33-20-21-41-22-34(33)39(46-45-38)26(7)17-16-25(6)37-29(10)28(9)35(23(2)3)42-44-37/h12-15,20-27,30H,11,16-19H2,1-10H3. The van der Waals surface area contributed by atoms with Crippen molar-refractivity contribution in [1.82, 2.24) is 35.6 Å². The largest absolute Gasteiger partial charge is 0.264 e. The van der Waals surface area contributed by atoms with Gasteiger partial charge in [-0.25, -0.2) is 0 Å². The molecule has 0 aliphatic rings. The first-order valence-corrected chi connectivity index (χ1v) is 17.7. The van der Waals surface area contributed by atoms with E-state index in [-0.39, 0.29) is 11.8 Å². The van der Waals surface area contributed by atoms with E-state index in [1.54, 1.807) is 0 Å². The maximum absolute atomic E-state index is 4.89. The van der Waals surface area contributed by atoms with Crippen LogP contribution in [0.4, 0.5) is 0 Å². The van der Waals surface area contributed by atoms with Crippen molar-refractivity contribution < 1.29 is 0 Å². The molecule has 0 spiro atoms. The molecule has 1 aromatic carbocycles. The average Bonchev–Trinajstić information content (AvgIpc) is 3.07. The number of hydrogen-bond acceptors (Lipinski definition) is 7. The van der Waals surface area contributed by atoms with E-state index in [1.807, 2.05) is 12.4 Å². The smallest absolute Gasteiger partial charge is 0.0753 e. The summed E-state index contributed by atoms with van der Waals surface area (Å²) >= 11 is 0. The number of pyridine rings is 1. The molecule has 0 saturated carbocycles. The normalized spacial score (nSPS) is 14.6. The highest BCUT2D eigenvalue weighted by Crippen LogP contribution is 2.37. The highest BCUT2D eigenvalue weighted by atomic mass is 15.1. The van der Waals surface area contributed by atoms with Crippen LogP contribution in [0, 0.1) is 13.8 Å². The van der Waals surface area contributed by atoms with Crippen LogP contribution in [0.25, 0.3) is 21.5 Å². The highest BCUT2D eigenvalue weighted by molar-refractivity contribution is 5.87. The van der Waals surface area contributed by atoms with Crippen molar-refractivity contribution in [1.29, 1.82) is 0 Å². The van der Waals surface area contributed by atoms with Gasteiger partial charge in [0.2, 0.25) is 0 Å². The molecule has 4 heterocycles. The van der Waals surface area contributed by atoms with E-state index in [9.17, 15) is 0 Å². The molecule has 4 unspecified atom stereocenters. The van der Waals surface area contributed by atoms with Gasteiger partial charge in [0.15, 0.2) is 0 Å². The van der Waals surface area contributed by atoms with Gasteiger partial charge in [-0.3, -0.25) is 4.98 Å². The summed E-state index contributed by atoms with van der Waals surface area (Å²) in [5.41, 5.74) is 9.03. The van der Waals surface area contributed by atoms with Crippen LogP contribution >= 0.6 is 0 Å². The van der Waals surface area contributed by atoms with Gasteiger partial charge in [0.25, 0.3) is 0 Å². The van der Waals surface area contributed by atoms with Gasteiger partial charge in [-0.15, -0.1) is 0 Å². The molecule has 4 atom stereocenters. The molecule has 0 radical (unpaired) electrons. The maximum Gasteiger partial charge on any atom is 0.0753 e. The van der Waals surface area contributed by atoms with Crippen LogP contribution in [0.15, 0.2) is 42.7 Å². The zero-order valence-corrected chi connectivity index (χ0v) is 30.2. The van der Waals surface area contributed by atoms with Crippen molar-refractivity contribution >= 4 is 21.5 Å². The van der Waals surface area contributed by atoms with Gasteiger partial charge in [-0.2, -0.15) is 30.6 Å². The number of aromatic nitrogens is 7. The lowest BCUT2D eigenvalue weighted by Crippen LogP contribution is -2.11. The summed E-state index contributed by atoms with van der Waals surface area (Å²) in [5.74, 6) is 1.85. The van der Waals surface area contributed by atoms with Crippen molar-refractivity contribution in [2.75, 3.05) is 0 Å². The lowest BCUT2D eigenvalue weighted by Gasteiger charge is -2.21. The monoisotopic (exact) mass is 631 g/mol. The molecule has 4 aromatic heterocycles. The van der Waals surface area contributed by atoms with Crippen LogP contribution in [0.3, 0.4) is 0 Å². The second-order valence-corrected chi connectivity index (χ2v) is 14.4. The van der Waals surface area contributed by atoms with Crippen molar-refractivity contribution in [2.45, 2.75) is 137 Å². The number of nitrogens with zero attached hydrogens (tertiary/aromatic N) is 7. The molecule has 0 fully saturated rings. The molecule has 0 aliphatic heterocycles. The summed E-state index contributed by atoms with van der Waals surface area (Å²) in [6.45, 7) is 22.2. The van der Waals surface area contributed by atoms with Crippen molar-refractivity contribution in [2.24, 2.45) is 0 Å². The molecule has 5 aromatic rings. The second-order valence-electron chi connectivity index (χ2n) is 14.4. The molecule has 47 heavy (non-hydrogen) atoms. The van der Waals surface area contributed by atoms with E-state index >= 15 is 0 Å². The molecular weight excluding hydrogens is 578 g/mol. The van der Waals surface area contributed by atoms with Crippen LogP contribution in [-0.4, -0.2) is 35.6 Å². The second kappa shape index (κ2) is 14.9. The third kappa shape index (κ3) is 7.19. The van der Waals surface area contributed by atoms with E-state index in [0.717, 1.165) is 71.7 Å². The molecule has 248 valence electrons. The molecule has 0 saturated heterocycles. The molecule has 0 bridgehead atoms. The summed E-state index contributed by atoms with van der Waals surface area (Å²) in [6, 6.07) is 10.7. The predicted molar refractivity (Wildman–Crippen MR) is 193 cm³/mol. The lowest BCUT2D eigenvalue weighted by atomic mass is 9.87. The zero-order chi connectivity index (χ0) is 33.8. The summed E-state index contributed by atoms with van der Waals surface area (Å²) in [6.07, 6.45) is 8.89. The molecular formula is C40H53N7. The number of benzene rings is 1. The van der Waals surface area contributed by atoms with Crippen LogP contribution in [0.2, 0.25) is 0 Å². The minimum absolute atomic E-state index is 0.246. The Hall–Kier alpha value is -3.87. The Kier molecular flexibility index (Phi) is 10.9. The van der Waals surface area contributed by atoms with Gasteiger partial charge < -0.3 is 0 Å². The van der Waals surface area contributed by atoms with Crippen LogP contribution in [0.5, 0.6) is 0 Å². The van der Waals surface area contributed by atoms with Crippen LogP contribution < -0.4 is 0 Å². The highest BCUT2D eigenvalue weighted by Gasteiger charge is 2.23. The Bertz CT molecular complexity index is 1830. The van der Waals surface area contributed by atoms with Gasteiger partial charge in [-0.05, 0) is 75.0 Å². The Labute approximate surface area is 281 Å². The molecule has 0 aliphatic carbocycles. The Balaban J connectivity index is 1.32. The molecule has 5 rings (SSSR count). The topological polar surface area (TPSA) is 90.2 Å². The molecule has 7 nitrogen and oxygen atoms in total. The van der Waals surface area contributed by atoms with Crippen molar-refractivity contribution in [3.63, 3.8) is 0 Å². The predicted octanol–water partition coefficient (Wildman–Crippen LogP) is 10.4. The Morgan fingerprint density at radius 1 is 0.489 bits per heavy atom. The third-order valence-corrected chi connectivity index (χ3v) is 10.3. The van der Waals surface area contributed by atoms with Gasteiger partial charge in [0, 0.05) is 57.6 Å². The summed E-state index contributed by atoms with van der Waals surface area (Å²) < 4.78 is 0. The third-order valence-electron chi connectivity index (χ3n) is 10.3. The first-order valence-electron chi connectivity index (χ1n) is 17.7. The minimum atomic E-state index is 0.246. The lowest BCUT2D eigenvalue weighted by molar-refractivity contribution is 0.516. The van der Waals surface area contributed by atoms with E-state index in [0.29, 0.717) is 23.7 Å². The first kappa shape index (κ1) is 34.5. The number of fused-ring (bicyclic) bond motifs is 2. The Morgan fingerprint density at radius 2 is 0.936 bits per heavy atom. The van der Waals surface area contributed by atoms with Crippen LogP contribution in [0.1, 0.15) is 168 Å². The number of hydrogen-bond donors (Lipinski definition) is 0. The fraction of sp³-hybridized carbons (Fsp3) is 0.525. The van der Waals surface area contributed by atoms with E-state index in [1.165, 1.54) is 27.3 Å². The molecule has 7 heteroatoms. The minimum Gasteiger partial charge on any atom is -0.264 e. The van der Waals surface area contributed by atoms with Gasteiger partial charge >= 0.3 is 0 Å². The number of rotatable bonds is 13. The van der Waals surface area contributed by atoms with Crippen molar-refractivity contribution in [3.05, 3.63) is 88.0 Å². The summed E-state index contributed by atoms with van der Waals surface area (Å²) in [4.78, 5) is 4.52. The van der Waals surface area contributed by atoms with Gasteiger partial charge in [0.05, 0.1) is 34.2 Å². The summed E-state index contributed by atoms with van der Waals surface area (Å²) in [7, 11) is 0. The Morgan fingerprint density at radius 3 is 1.55 bits per heavy atom. The molecule has 0 N–H and O–H groups in total. The van der Waals surface area contributed by atoms with Gasteiger partial charge in [-0.1, -0.05) is 79.7 Å². The zero-order valence-electron chi connectivity index (χ0n) is 30.2. The van der Waals surface area contributed by atoms with Gasteiger partial charge in [0.1, 0.15) is 0 Å². The van der Waals surface area contributed by atoms with Crippen molar-refractivity contribution in [3.8, 4) is 0 Å². The summed E-state index contributed by atoms with van der Waals surface area (Å²) in [5, 5.41) is 33.3.